The minimum Gasteiger partial charge on any atom is -0.393 e. The second-order valence-corrected chi connectivity index (χ2v) is 4.97. The topological polar surface area (TPSA) is 75.4 Å². The Morgan fingerprint density at radius 3 is 2.83 bits per heavy atom. The second kappa shape index (κ2) is 5.35. The van der Waals surface area contributed by atoms with Crippen LogP contribution in [0.5, 0.6) is 0 Å². The lowest BCUT2D eigenvalue weighted by molar-refractivity contribution is -0.384. The average molecular weight is 250 g/mol. The van der Waals surface area contributed by atoms with Crippen LogP contribution in [0.4, 0.5) is 11.4 Å². The maximum absolute atomic E-state index is 10.6. The van der Waals surface area contributed by atoms with Gasteiger partial charge in [-0.15, -0.1) is 0 Å². The van der Waals surface area contributed by atoms with Crippen LogP contribution in [-0.2, 0) is 0 Å². The van der Waals surface area contributed by atoms with Gasteiger partial charge >= 0.3 is 0 Å². The molecule has 2 unspecified atom stereocenters. The predicted octanol–water partition coefficient (Wildman–Crippen LogP) is 2.48. The molecule has 98 valence electrons. The maximum Gasteiger partial charge on any atom is 0.269 e. The number of aliphatic hydroxyl groups is 1. The van der Waals surface area contributed by atoms with Gasteiger partial charge in [-0.1, -0.05) is 0 Å². The summed E-state index contributed by atoms with van der Waals surface area (Å²) in [7, 11) is 0. The lowest BCUT2D eigenvalue weighted by Gasteiger charge is -2.13. The van der Waals surface area contributed by atoms with Crippen molar-refractivity contribution >= 4 is 11.4 Å². The van der Waals surface area contributed by atoms with Crippen molar-refractivity contribution in [1.29, 1.82) is 0 Å². The van der Waals surface area contributed by atoms with E-state index < -0.39 is 0 Å². The van der Waals surface area contributed by atoms with Crippen LogP contribution < -0.4 is 5.32 Å². The number of benzene rings is 1. The van der Waals surface area contributed by atoms with Crippen LogP contribution in [0.3, 0.4) is 0 Å². The summed E-state index contributed by atoms with van der Waals surface area (Å²) in [6.45, 7) is 2.68. The van der Waals surface area contributed by atoms with Crippen molar-refractivity contribution < 1.29 is 10.0 Å². The van der Waals surface area contributed by atoms with Gasteiger partial charge in [0.25, 0.3) is 5.69 Å². The molecule has 1 aromatic carbocycles. The number of rotatable bonds is 4. The summed E-state index contributed by atoms with van der Waals surface area (Å²) in [6.07, 6.45) is 2.61. The number of non-ortho nitro benzene ring substituents is 1. The Morgan fingerprint density at radius 2 is 2.28 bits per heavy atom. The van der Waals surface area contributed by atoms with E-state index in [0.717, 1.165) is 37.1 Å². The molecular weight excluding hydrogens is 232 g/mol. The van der Waals surface area contributed by atoms with Crippen LogP contribution >= 0.6 is 0 Å². The highest BCUT2D eigenvalue weighted by Crippen LogP contribution is 2.27. The van der Waals surface area contributed by atoms with E-state index in [2.05, 4.69) is 5.32 Å². The Morgan fingerprint density at radius 1 is 1.50 bits per heavy atom. The van der Waals surface area contributed by atoms with E-state index in [1.54, 1.807) is 12.1 Å². The summed E-state index contributed by atoms with van der Waals surface area (Å²) >= 11 is 0. The van der Waals surface area contributed by atoms with E-state index in [4.69, 9.17) is 0 Å². The first kappa shape index (κ1) is 12.8. The number of nitro benzene ring substituents is 1. The molecule has 1 aromatic rings. The summed E-state index contributed by atoms with van der Waals surface area (Å²) in [5.74, 6) is 0.495. The molecule has 2 rings (SSSR count). The lowest BCUT2D eigenvalue weighted by atomic mass is 10.1. The monoisotopic (exact) mass is 250 g/mol. The first-order valence-electron chi connectivity index (χ1n) is 6.23. The van der Waals surface area contributed by atoms with E-state index in [1.165, 1.54) is 6.07 Å². The van der Waals surface area contributed by atoms with Gasteiger partial charge in [0.2, 0.25) is 0 Å². The molecule has 2 atom stereocenters. The highest BCUT2D eigenvalue weighted by atomic mass is 16.6. The zero-order chi connectivity index (χ0) is 13.1. The van der Waals surface area contributed by atoms with Crippen molar-refractivity contribution in [3.63, 3.8) is 0 Å². The molecule has 0 aliphatic heterocycles. The number of nitro groups is 1. The molecule has 1 aliphatic carbocycles. The summed E-state index contributed by atoms with van der Waals surface area (Å²) in [5.41, 5.74) is 1.93. The molecule has 0 amide bonds. The Kier molecular flexibility index (Phi) is 3.81. The molecule has 0 aromatic heterocycles. The van der Waals surface area contributed by atoms with Gasteiger partial charge in [-0.3, -0.25) is 10.1 Å². The fraction of sp³-hybridized carbons (Fsp3) is 0.538. The summed E-state index contributed by atoms with van der Waals surface area (Å²) < 4.78 is 0. The maximum atomic E-state index is 10.6. The van der Waals surface area contributed by atoms with Crippen molar-refractivity contribution in [3.8, 4) is 0 Å². The Labute approximate surface area is 106 Å². The van der Waals surface area contributed by atoms with Crippen molar-refractivity contribution in [3.05, 3.63) is 33.9 Å². The normalized spacial score (nSPS) is 23.0. The molecule has 1 fully saturated rings. The molecule has 1 aliphatic rings. The molecular formula is C13H18N2O3. The Bertz CT molecular complexity index is 448. The van der Waals surface area contributed by atoms with Gasteiger partial charge in [0.15, 0.2) is 0 Å². The third-order valence-corrected chi connectivity index (χ3v) is 3.52. The largest absolute Gasteiger partial charge is 0.393 e. The Balaban J connectivity index is 1.95. The molecule has 5 heteroatoms. The first-order chi connectivity index (χ1) is 8.56. The second-order valence-electron chi connectivity index (χ2n) is 4.97. The molecule has 0 bridgehead atoms. The van der Waals surface area contributed by atoms with E-state index in [9.17, 15) is 15.2 Å². The fourth-order valence-electron chi connectivity index (χ4n) is 2.45. The number of anilines is 1. The van der Waals surface area contributed by atoms with Crippen molar-refractivity contribution in [1.82, 2.24) is 0 Å². The average Bonchev–Trinajstić information content (AvgIpc) is 2.73. The quantitative estimate of drug-likeness (QED) is 0.636. The zero-order valence-corrected chi connectivity index (χ0v) is 10.4. The third kappa shape index (κ3) is 2.98. The van der Waals surface area contributed by atoms with Crippen molar-refractivity contribution in [2.75, 3.05) is 11.9 Å². The van der Waals surface area contributed by atoms with Crippen LogP contribution in [-0.4, -0.2) is 22.7 Å². The molecule has 0 heterocycles. The van der Waals surface area contributed by atoms with Gasteiger partial charge < -0.3 is 10.4 Å². The number of aryl methyl sites for hydroxylation is 1. The smallest absolute Gasteiger partial charge is 0.269 e. The van der Waals surface area contributed by atoms with Crippen LogP contribution in [0.1, 0.15) is 24.8 Å². The standard InChI is InChI=1S/C13H18N2O3/c1-9-6-11(15(17)18)3-5-13(9)14-8-10-2-4-12(16)7-10/h3,5-6,10,12,14,16H,2,4,7-8H2,1H3. The van der Waals surface area contributed by atoms with Gasteiger partial charge in [-0.05, 0) is 43.7 Å². The highest BCUT2D eigenvalue weighted by molar-refractivity contribution is 5.55. The lowest BCUT2D eigenvalue weighted by Crippen LogP contribution is -2.13. The van der Waals surface area contributed by atoms with Crippen molar-refractivity contribution in [2.24, 2.45) is 5.92 Å². The summed E-state index contributed by atoms with van der Waals surface area (Å²) in [4.78, 5) is 10.2. The van der Waals surface area contributed by atoms with Crippen LogP contribution in [0.25, 0.3) is 0 Å². The minimum absolute atomic E-state index is 0.120. The summed E-state index contributed by atoms with van der Waals surface area (Å²) in [5, 5.41) is 23.4. The molecule has 0 spiro atoms. The number of aliphatic hydroxyl groups excluding tert-OH is 1. The van der Waals surface area contributed by atoms with Gasteiger partial charge in [0.05, 0.1) is 11.0 Å². The summed E-state index contributed by atoms with van der Waals surface area (Å²) in [6, 6.07) is 4.84. The van der Waals surface area contributed by atoms with E-state index in [1.807, 2.05) is 6.92 Å². The fourth-order valence-corrected chi connectivity index (χ4v) is 2.45. The Hall–Kier alpha value is -1.62. The molecule has 5 nitrogen and oxygen atoms in total. The van der Waals surface area contributed by atoms with Gasteiger partial charge in [0.1, 0.15) is 0 Å². The van der Waals surface area contributed by atoms with Crippen LogP contribution in [0.2, 0.25) is 0 Å². The molecule has 0 radical (unpaired) electrons. The van der Waals surface area contributed by atoms with E-state index in [0.29, 0.717) is 5.92 Å². The van der Waals surface area contributed by atoms with Crippen LogP contribution in [0, 0.1) is 23.0 Å². The number of nitrogens with one attached hydrogen (secondary N) is 1. The first-order valence-corrected chi connectivity index (χ1v) is 6.23. The van der Waals surface area contributed by atoms with Crippen LogP contribution in [0.15, 0.2) is 18.2 Å². The van der Waals surface area contributed by atoms with Gasteiger partial charge in [0, 0.05) is 24.4 Å². The van der Waals surface area contributed by atoms with Crippen molar-refractivity contribution in [2.45, 2.75) is 32.3 Å². The van der Waals surface area contributed by atoms with Gasteiger partial charge in [-0.2, -0.15) is 0 Å². The number of nitrogens with zero attached hydrogens (tertiary/aromatic N) is 1. The minimum atomic E-state index is -0.385. The number of hydrogen-bond acceptors (Lipinski definition) is 4. The zero-order valence-electron chi connectivity index (χ0n) is 10.4. The van der Waals surface area contributed by atoms with E-state index >= 15 is 0 Å². The molecule has 0 saturated heterocycles. The van der Waals surface area contributed by atoms with Gasteiger partial charge in [-0.25, -0.2) is 0 Å². The SMILES string of the molecule is Cc1cc([N+](=O)[O-])ccc1NCC1CCC(O)C1. The highest BCUT2D eigenvalue weighted by Gasteiger charge is 2.22. The molecule has 18 heavy (non-hydrogen) atoms. The third-order valence-electron chi connectivity index (χ3n) is 3.52. The number of hydrogen-bond donors (Lipinski definition) is 2. The molecule has 1 saturated carbocycles. The molecule has 2 N–H and O–H groups in total. The van der Waals surface area contributed by atoms with E-state index in [-0.39, 0.29) is 16.7 Å². The predicted molar refractivity (Wildman–Crippen MR) is 69.7 cm³/mol.